The number of nitro groups is 1. The van der Waals surface area contributed by atoms with Crippen LogP contribution in [0.15, 0.2) is 30.3 Å². The molecular weight excluding hydrogens is 382 g/mol. The first-order valence-corrected chi connectivity index (χ1v) is 10.7. The summed E-state index contributed by atoms with van der Waals surface area (Å²) in [5.74, 6) is 1.45. The maximum absolute atomic E-state index is 11.7. The van der Waals surface area contributed by atoms with Crippen molar-refractivity contribution >= 4 is 23.3 Å². The number of rotatable bonds is 5. The van der Waals surface area contributed by atoms with Crippen molar-refractivity contribution in [3.05, 3.63) is 46.0 Å². The van der Waals surface area contributed by atoms with Gasteiger partial charge in [0.2, 0.25) is 17.6 Å². The minimum absolute atomic E-state index is 0.0438. The largest absolute Gasteiger partial charge is 0.378 e. The topological polar surface area (TPSA) is 106 Å². The molecule has 160 valence electrons. The molecule has 2 fully saturated rings. The molecule has 9 nitrogen and oxygen atoms in total. The summed E-state index contributed by atoms with van der Waals surface area (Å²) < 4.78 is 0. The van der Waals surface area contributed by atoms with Gasteiger partial charge < -0.3 is 20.4 Å². The third kappa shape index (κ3) is 4.46. The second-order valence-electron chi connectivity index (χ2n) is 8.41. The molecule has 30 heavy (non-hydrogen) atoms. The van der Waals surface area contributed by atoms with Crippen molar-refractivity contribution < 1.29 is 9.82 Å². The van der Waals surface area contributed by atoms with Gasteiger partial charge in [-0.3, -0.25) is 10.1 Å². The van der Waals surface area contributed by atoms with Gasteiger partial charge in [0.15, 0.2) is 0 Å². The zero-order valence-corrected chi connectivity index (χ0v) is 17.5. The fourth-order valence-corrected chi connectivity index (χ4v) is 4.29. The fraction of sp³-hybridized carbons (Fsp3) is 0.524. The van der Waals surface area contributed by atoms with E-state index in [1.807, 2.05) is 11.0 Å². The third-order valence-corrected chi connectivity index (χ3v) is 6.20. The van der Waals surface area contributed by atoms with Crippen LogP contribution in [0.5, 0.6) is 0 Å². The maximum atomic E-state index is 11.7. The molecule has 0 spiro atoms. The Morgan fingerprint density at radius 2 is 1.77 bits per heavy atom. The highest BCUT2D eigenvalue weighted by atomic mass is 16.6. The molecular formula is C21H30N7O2+. The van der Waals surface area contributed by atoms with Gasteiger partial charge in [-0.25, -0.2) is 0 Å². The van der Waals surface area contributed by atoms with Gasteiger partial charge in [-0.2, -0.15) is 9.97 Å². The number of benzene rings is 1. The Morgan fingerprint density at radius 3 is 2.40 bits per heavy atom. The van der Waals surface area contributed by atoms with Crippen LogP contribution in [-0.4, -0.2) is 54.2 Å². The molecule has 0 amide bonds. The van der Waals surface area contributed by atoms with Crippen molar-refractivity contribution in [2.45, 2.75) is 26.3 Å². The molecule has 9 heteroatoms. The predicted molar refractivity (Wildman–Crippen MR) is 117 cm³/mol. The first-order chi connectivity index (χ1) is 14.5. The molecule has 2 aliphatic rings. The van der Waals surface area contributed by atoms with Crippen molar-refractivity contribution in [2.75, 3.05) is 54.8 Å². The molecule has 2 aliphatic heterocycles. The van der Waals surface area contributed by atoms with E-state index in [-0.39, 0.29) is 11.5 Å². The molecule has 0 bridgehead atoms. The van der Waals surface area contributed by atoms with Crippen LogP contribution in [0.25, 0.3) is 0 Å². The Kier molecular flexibility index (Phi) is 5.98. The normalized spacial score (nSPS) is 18.6. The van der Waals surface area contributed by atoms with Crippen LogP contribution in [0.2, 0.25) is 0 Å². The molecule has 2 aromatic rings. The quantitative estimate of drug-likeness (QED) is 0.560. The number of nitrogens with one attached hydrogen (secondary N) is 1. The first kappa shape index (κ1) is 20.3. The number of nitrogens with zero attached hydrogens (tertiary/aromatic N) is 5. The van der Waals surface area contributed by atoms with Crippen LogP contribution in [-0.2, 0) is 6.54 Å². The second kappa shape index (κ2) is 8.83. The Morgan fingerprint density at radius 1 is 1.10 bits per heavy atom. The van der Waals surface area contributed by atoms with Crippen LogP contribution in [0.3, 0.4) is 0 Å². The highest BCUT2D eigenvalue weighted by molar-refractivity contribution is 5.71. The Bertz CT molecular complexity index is 876. The van der Waals surface area contributed by atoms with Gasteiger partial charge in [-0.1, -0.05) is 37.3 Å². The third-order valence-electron chi connectivity index (χ3n) is 6.20. The summed E-state index contributed by atoms with van der Waals surface area (Å²) in [6.07, 6.45) is 2.00. The summed E-state index contributed by atoms with van der Waals surface area (Å²) in [5, 5.41) is 11.7. The van der Waals surface area contributed by atoms with E-state index < -0.39 is 4.92 Å². The van der Waals surface area contributed by atoms with Gasteiger partial charge in [-0.05, 0) is 18.8 Å². The number of hydrogen-bond acceptors (Lipinski definition) is 7. The van der Waals surface area contributed by atoms with E-state index >= 15 is 0 Å². The monoisotopic (exact) mass is 412 g/mol. The molecule has 0 unspecified atom stereocenters. The van der Waals surface area contributed by atoms with Crippen molar-refractivity contribution in [1.29, 1.82) is 0 Å². The summed E-state index contributed by atoms with van der Waals surface area (Å²) in [6.45, 7) is 8.25. The Labute approximate surface area is 176 Å². The van der Waals surface area contributed by atoms with E-state index in [9.17, 15) is 10.1 Å². The van der Waals surface area contributed by atoms with E-state index in [0.717, 1.165) is 58.7 Å². The maximum Gasteiger partial charge on any atom is 0.353 e. The number of piperazine rings is 1. The zero-order valence-electron chi connectivity index (χ0n) is 17.5. The molecule has 2 saturated heterocycles. The number of piperidine rings is 1. The molecule has 0 atom stereocenters. The van der Waals surface area contributed by atoms with E-state index in [1.54, 1.807) is 0 Å². The van der Waals surface area contributed by atoms with Gasteiger partial charge in [0.25, 0.3) is 0 Å². The van der Waals surface area contributed by atoms with Crippen molar-refractivity contribution in [3.8, 4) is 0 Å². The van der Waals surface area contributed by atoms with Crippen molar-refractivity contribution in [1.82, 2.24) is 9.97 Å². The minimum Gasteiger partial charge on any atom is -0.378 e. The van der Waals surface area contributed by atoms with E-state index in [2.05, 4.69) is 46.1 Å². The lowest BCUT2D eigenvalue weighted by molar-refractivity contribution is -0.914. The molecule has 4 rings (SSSR count). The van der Waals surface area contributed by atoms with Crippen LogP contribution >= 0.6 is 0 Å². The highest BCUT2D eigenvalue weighted by Gasteiger charge is 2.31. The van der Waals surface area contributed by atoms with Gasteiger partial charge >= 0.3 is 5.69 Å². The molecule has 3 N–H and O–H groups in total. The van der Waals surface area contributed by atoms with Gasteiger partial charge in [0.1, 0.15) is 6.54 Å². The molecule has 0 aliphatic carbocycles. The summed E-state index contributed by atoms with van der Waals surface area (Å²) in [4.78, 5) is 25.8. The Hall–Kier alpha value is -2.94. The number of anilines is 3. The van der Waals surface area contributed by atoms with Crippen LogP contribution in [0.1, 0.15) is 25.3 Å². The average Bonchev–Trinajstić information content (AvgIpc) is 2.75. The second-order valence-corrected chi connectivity index (χ2v) is 8.41. The lowest BCUT2D eigenvalue weighted by atomic mass is 9.99. The first-order valence-electron chi connectivity index (χ1n) is 10.7. The number of aromatic nitrogens is 2. The highest BCUT2D eigenvalue weighted by Crippen LogP contribution is 2.35. The lowest BCUT2D eigenvalue weighted by Gasteiger charge is -2.34. The number of nitrogen functional groups attached to an aromatic ring is 1. The average molecular weight is 413 g/mol. The predicted octanol–water partition coefficient (Wildman–Crippen LogP) is 1.11. The summed E-state index contributed by atoms with van der Waals surface area (Å²) >= 11 is 0. The number of hydrogen-bond donors (Lipinski definition) is 2. The zero-order chi connectivity index (χ0) is 21.1. The Balaban J connectivity index is 1.50. The van der Waals surface area contributed by atoms with Crippen molar-refractivity contribution in [3.63, 3.8) is 0 Å². The van der Waals surface area contributed by atoms with E-state index in [0.29, 0.717) is 17.7 Å². The smallest absolute Gasteiger partial charge is 0.353 e. The molecule has 1 aromatic carbocycles. The van der Waals surface area contributed by atoms with Crippen LogP contribution in [0.4, 0.5) is 23.3 Å². The SMILES string of the molecule is CC1CCN(c2nc(N3CC[NH+](Cc4ccccc4)CC3)nc(N)c2[N+](=O)[O-])CC1. The van der Waals surface area contributed by atoms with E-state index in [4.69, 9.17) is 5.73 Å². The summed E-state index contributed by atoms with van der Waals surface area (Å²) in [5.41, 5.74) is 7.21. The minimum atomic E-state index is -0.450. The van der Waals surface area contributed by atoms with Gasteiger partial charge in [0, 0.05) is 18.7 Å². The molecule has 1 aromatic heterocycles. The fourth-order valence-electron chi connectivity index (χ4n) is 4.29. The molecule has 3 heterocycles. The van der Waals surface area contributed by atoms with E-state index in [1.165, 1.54) is 10.5 Å². The number of quaternary nitrogens is 1. The van der Waals surface area contributed by atoms with Crippen LogP contribution < -0.4 is 20.4 Å². The molecule has 0 radical (unpaired) electrons. The van der Waals surface area contributed by atoms with Gasteiger partial charge in [0.05, 0.1) is 31.1 Å². The lowest BCUT2D eigenvalue weighted by Crippen LogP contribution is -3.13. The standard InChI is InChI=1S/C21H29N7O2/c1-16-7-9-26(10-8-16)20-18(28(29)30)19(22)23-21(24-20)27-13-11-25(12-14-27)15-17-5-3-2-4-6-17/h2-6,16H,7-15H2,1H3,(H2,22,23,24)/p+1. The van der Waals surface area contributed by atoms with Crippen LogP contribution in [0, 0.1) is 16.0 Å². The van der Waals surface area contributed by atoms with Crippen molar-refractivity contribution in [2.24, 2.45) is 5.92 Å². The van der Waals surface area contributed by atoms with Gasteiger partial charge in [-0.15, -0.1) is 0 Å². The number of nitrogens with two attached hydrogens (primary N) is 1. The summed E-state index contributed by atoms with van der Waals surface area (Å²) in [7, 11) is 0. The molecule has 0 saturated carbocycles. The summed E-state index contributed by atoms with van der Waals surface area (Å²) in [6, 6.07) is 10.5.